The Morgan fingerprint density at radius 3 is 3.00 bits per heavy atom. The Morgan fingerprint density at radius 2 is 2.00 bits per heavy atom. The topological polar surface area (TPSA) is 8.81 Å². The van der Waals surface area contributed by atoms with Crippen molar-refractivity contribution in [2.75, 3.05) is 0 Å². The maximum Gasteiger partial charge on any atom is 0.229 e. The maximum absolute atomic E-state index is 2.56. The fraction of sp³-hybridized carbons (Fsp3) is 0.400. The summed E-state index contributed by atoms with van der Waals surface area (Å²) in [5.74, 6) is 0. The Labute approximate surface area is 102 Å². The summed E-state index contributed by atoms with van der Waals surface area (Å²) < 4.78 is 4.92. The van der Waals surface area contributed by atoms with Gasteiger partial charge in [0.2, 0.25) is 5.69 Å². The van der Waals surface area contributed by atoms with Crippen LogP contribution in [-0.2, 0) is 25.9 Å². The zero-order valence-electron chi connectivity index (χ0n) is 10.0. The van der Waals surface area contributed by atoms with Gasteiger partial charge in [0.15, 0.2) is 12.2 Å². The molecule has 0 unspecified atom stereocenters. The lowest BCUT2D eigenvalue weighted by Gasteiger charge is -2.20. The van der Waals surface area contributed by atoms with E-state index in [-0.39, 0.29) is 0 Å². The second kappa shape index (κ2) is 3.46. The smallest absolute Gasteiger partial charge is 0.229 e. The summed E-state index contributed by atoms with van der Waals surface area (Å²) in [6.45, 7) is 2.26. The highest BCUT2D eigenvalue weighted by molar-refractivity contribution is 5.53. The van der Waals surface area contributed by atoms with Crippen LogP contribution in [0.4, 0.5) is 0 Å². The number of aryl methyl sites for hydroxylation is 2. The molecular formula is C15H17N2+. The normalized spacial score (nSPS) is 17.2. The predicted octanol–water partition coefficient (Wildman–Crippen LogP) is 2.33. The second-order valence-electron chi connectivity index (χ2n) is 5.14. The fourth-order valence-corrected chi connectivity index (χ4v) is 3.34. The van der Waals surface area contributed by atoms with Crippen molar-refractivity contribution in [2.45, 2.75) is 38.8 Å². The van der Waals surface area contributed by atoms with Gasteiger partial charge in [0, 0.05) is 24.2 Å². The van der Waals surface area contributed by atoms with Crippen molar-refractivity contribution < 1.29 is 4.57 Å². The Balaban J connectivity index is 1.97. The Kier molecular flexibility index (Phi) is 1.92. The van der Waals surface area contributed by atoms with Crippen molar-refractivity contribution in [1.29, 1.82) is 0 Å². The van der Waals surface area contributed by atoms with Gasteiger partial charge in [0.25, 0.3) is 0 Å². The van der Waals surface area contributed by atoms with Crippen LogP contribution in [0.3, 0.4) is 0 Å². The zero-order valence-corrected chi connectivity index (χ0v) is 10.0. The molecule has 2 nitrogen and oxygen atoms in total. The lowest BCUT2D eigenvalue weighted by molar-refractivity contribution is -0.698. The van der Waals surface area contributed by atoms with Crippen LogP contribution in [0.2, 0.25) is 0 Å². The molecule has 86 valence electrons. The number of pyridine rings is 1. The molecule has 0 N–H and O–H groups in total. The van der Waals surface area contributed by atoms with Crippen LogP contribution in [0.15, 0.2) is 30.5 Å². The Bertz CT molecular complexity index is 581. The van der Waals surface area contributed by atoms with Crippen LogP contribution in [0.25, 0.3) is 11.4 Å². The summed E-state index contributed by atoms with van der Waals surface area (Å²) in [4.78, 5) is 0. The first-order chi connectivity index (χ1) is 8.43. The minimum Gasteiger partial charge on any atom is -0.336 e. The van der Waals surface area contributed by atoms with E-state index < -0.39 is 0 Å². The van der Waals surface area contributed by atoms with Crippen LogP contribution in [0, 0.1) is 0 Å². The number of nitrogens with zero attached hydrogens (tertiary/aromatic N) is 2. The molecule has 0 radical (unpaired) electrons. The fourth-order valence-electron chi connectivity index (χ4n) is 3.34. The van der Waals surface area contributed by atoms with E-state index in [1.54, 1.807) is 11.3 Å². The van der Waals surface area contributed by atoms with E-state index in [2.05, 4.69) is 39.6 Å². The molecule has 3 heterocycles. The Hall–Kier alpha value is -1.57. The minimum absolute atomic E-state index is 1.12. The third-order valence-corrected chi connectivity index (χ3v) is 4.20. The van der Waals surface area contributed by atoms with Crippen LogP contribution in [0.1, 0.15) is 24.1 Å². The van der Waals surface area contributed by atoms with Crippen molar-refractivity contribution in [3.05, 3.63) is 41.7 Å². The Morgan fingerprint density at radius 1 is 1.06 bits per heavy atom. The molecular weight excluding hydrogens is 208 g/mol. The van der Waals surface area contributed by atoms with E-state index in [0.29, 0.717) is 0 Å². The second-order valence-corrected chi connectivity index (χ2v) is 5.14. The highest BCUT2D eigenvalue weighted by Crippen LogP contribution is 2.25. The number of hydrogen-bond acceptors (Lipinski definition) is 0. The summed E-state index contributed by atoms with van der Waals surface area (Å²) in [6, 6.07) is 9.06. The average Bonchev–Trinajstić information content (AvgIpc) is 2.86. The highest BCUT2D eigenvalue weighted by atomic mass is 15.1. The van der Waals surface area contributed by atoms with Crippen LogP contribution in [-0.4, -0.2) is 4.57 Å². The summed E-state index contributed by atoms with van der Waals surface area (Å²) in [5, 5.41) is 0. The predicted molar refractivity (Wildman–Crippen MR) is 66.7 cm³/mol. The highest BCUT2D eigenvalue weighted by Gasteiger charge is 2.28. The van der Waals surface area contributed by atoms with Crippen LogP contribution in [0.5, 0.6) is 0 Å². The summed E-state index contributed by atoms with van der Waals surface area (Å²) >= 11 is 0. The van der Waals surface area contributed by atoms with Gasteiger partial charge in [0.05, 0.1) is 6.54 Å². The minimum atomic E-state index is 1.12. The molecule has 0 bridgehead atoms. The summed E-state index contributed by atoms with van der Waals surface area (Å²) in [5.41, 5.74) is 5.97. The van der Waals surface area contributed by atoms with Crippen molar-refractivity contribution >= 4 is 0 Å². The molecule has 0 amide bonds. The first kappa shape index (κ1) is 9.46. The van der Waals surface area contributed by atoms with E-state index in [1.165, 1.54) is 37.1 Å². The molecule has 2 aromatic rings. The van der Waals surface area contributed by atoms with E-state index in [9.17, 15) is 0 Å². The van der Waals surface area contributed by atoms with Crippen molar-refractivity contribution in [3.8, 4) is 11.4 Å². The molecule has 0 spiro atoms. The van der Waals surface area contributed by atoms with Crippen molar-refractivity contribution in [3.63, 3.8) is 0 Å². The molecule has 4 rings (SSSR count). The first-order valence-corrected chi connectivity index (χ1v) is 6.63. The van der Waals surface area contributed by atoms with Gasteiger partial charge in [-0.3, -0.25) is 0 Å². The van der Waals surface area contributed by atoms with Crippen molar-refractivity contribution in [2.24, 2.45) is 0 Å². The third-order valence-electron chi connectivity index (χ3n) is 4.20. The van der Waals surface area contributed by atoms with E-state index in [1.807, 2.05) is 0 Å². The lowest BCUT2D eigenvalue weighted by Crippen LogP contribution is -2.47. The molecule has 2 heteroatoms. The molecule has 1 aliphatic heterocycles. The van der Waals surface area contributed by atoms with Gasteiger partial charge in [-0.15, -0.1) is 0 Å². The molecule has 1 aliphatic carbocycles. The zero-order chi connectivity index (χ0) is 11.2. The average molecular weight is 225 g/mol. The first-order valence-electron chi connectivity index (χ1n) is 6.63. The van der Waals surface area contributed by atoms with Crippen LogP contribution >= 0.6 is 0 Å². The van der Waals surface area contributed by atoms with Gasteiger partial charge in [-0.05, 0) is 37.5 Å². The van der Waals surface area contributed by atoms with E-state index >= 15 is 0 Å². The quantitative estimate of drug-likeness (QED) is 0.609. The summed E-state index contributed by atoms with van der Waals surface area (Å²) in [7, 11) is 0. The monoisotopic (exact) mass is 225 g/mol. The number of fused-ring (bicyclic) bond motifs is 5. The van der Waals surface area contributed by atoms with Crippen molar-refractivity contribution in [1.82, 2.24) is 4.57 Å². The number of hydrogen-bond donors (Lipinski definition) is 0. The van der Waals surface area contributed by atoms with E-state index in [0.717, 1.165) is 13.1 Å². The maximum atomic E-state index is 2.56. The molecule has 0 saturated heterocycles. The standard InChI is InChI=1S/C15H17N2/c1-2-5-13-12(4-1)7-8-15-14-6-3-9-16(14)10-11-17(13)15/h3,6-9H,1-2,4-5,10-11H2/q+1. The molecule has 0 atom stereocenters. The van der Waals surface area contributed by atoms with Crippen LogP contribution < -0.4 is 4.57 Å². The van der Waals surface area contributed by atoms with E-state index in [4.69, 9.17) is 0 Å². The lowest BCUT2D eigenvalue weighted by atomic mass is 9.94. The SMILES string of the molecule is c1cc2n(c1)CC[n+]1c-2ccc2c1CCCC2. The van der Waals surface area contributed by atoms with Gasteiger partial charge in [-0.1, -0.05) is 0 Å². The van der Waals surface area contributed by atoms with Gasteiger partial charge in [-0.25, -0.2) is 0 Å². The summed E-state index contributed by atoms with van der Waals surface area (Å²) in [6.07, 6.45) is 7.46. The molecule has 0 saturated carbocycles. The van der Waals surface area contributed by atoms with Gasteiger partial charge < -0.3 is 4.57 Å². The van der Waals surface area contributed by atoms with Gasteiger partial charge in [0.1, 0.15) is 5.69 Å². The number of rotatable bonds is 0. The largest absolute Gasteiger partial charge is 0.336 e. The third kappa shape index (κ3) is 1.30. The van der Waals surface area contributed by atoms with Gasteiger partial charge >= 0.3 is 0 Å². The molecule has 2 aromatic heterocycles. The molecule has 17 heavy (non-hydrogen) atoms. The molecule has 0 fully saturated rings. The van der Waals surface area contributed by atoms with Gasteiger partial charge in [-0.2, -0.15) is 4.57 Å². The molecule has 0 aromatic carbocycles. The number of aromatic nitrogens is 2. The molecule has 2 aliphatic rings.